The number of aromatic nitrogens is 5. The molecule has 0 spiro atoms. The Kier molecular flexibility index (Phi) is 7.58. The van der Waals surface area contributed by atoms with Crippen molar-refractivity contribution in [2.75, 3.05) is 18.9 Å². The van der Waals surface area contributed by atoms with Crippen molar-refractivity contribution >= 4 is 17.5 Å². The van der Waals surface area contributed by atoms with Crippen LogP contribution in [0, 0.1) is 6.92 Å². The van der Waals surface area contributed by atoms with Crippen LogP contribution in [-0.2, 0) is 11.8 Å². The van der Waals surface area contributed by atoms with Crippen LogP contribution in [0.1, 0.15) is 94.0 Å². The maximum absolute atomic E-state index is 13.1. The monoisotopic (exact) mass is 582 g/mol. The topological polar surface area (TPSA) is 110 Å². The number of anilines is 1. The molecule has 2 N–H and O–H groups in total. The van der Waals surface area contributed by atoms with Crippen molar-refractivity contribution in [1.29, 1.82) is 0 Å². The van der Waals surface area contributed by atoms with Crippen LogP contribution in [0.25, 0.3) is 5.65 Å². The molecule has 1 saturated heterocycles. The molecular weight excluding hydrogens is 540 g/mol. The molecule has 3 atom stereocenters. The zero-order valence-electron chi connectivity index (χ0n) is 26.0. The Balaban J connectivity index is 1.17. The van der Waals surface area contributed by atoms with Gasteiger partial charge in [0, 0.05) is 23.4 Å². The zero-order chi connectivity index (χ0) is 30.4. The fourth-order valence-electron chi connectivity index (χ4n) is 6.34. The van der Waals surface area contributed by atoms with Crippen LogP contribution in [-0.4, -0.2) is 54.6 Å². The summed E-state index contributed by atoms with van der Waals surface area (Å²) in [5, 5.41) is 15.0. The van der Waals surface area contributed by atoms with E-state index in [1.807, 2.05) is 43.5 Å². The van der Waals surface area contributed by atoms with Crippen molar-refractivity contribution in [3.8, 4) is 5.75 Å². The van der Waals surface area contributed by atoms with Gasteiger partial charge in [0.15, 0.2) is 5.65 Å². The Bertz CT molecular complexity index is 1640. The van der Waals surface area contributed by atoms with Crippen LogP contribution in [0.2, 0.25) is 0 Å². The SMILES string of the molecule is Cc1nc(NC(=O)N[C@H]2CC[C@@H](Oc3ccc4nnc(C[C@]5(C)CCCN5C)n4c3)c3ccccc32)cc(C(C)(C)C)n1. The number of amides is 2. The van der Waals surface area contributed by atoms with Gasteiger partial charge in [-0.2, -0.15) is 0 Å². The quantitative estimate of drug-likeness (QED) is 0.290. The number of carbonyl (C=O) groups excluding carboxylic acids is 1. The summed E-state index contributed by atoms with van der Waals surface area (Å²) in [6.45, 7) is 11.5. The molecule has 1 aliphatic heterocycles. The molecule has 1 fully saturated rings. The lowest BCUT2D eigenvalue weighted by atomic mass is 9.85. The minimum Gasteiger partial charge on any atom is -0.484 e. The molecule has 3 aromatic heterocycles. The average molecular weight is 583 g/mol. The van der Waals surface area contributed by atoms with E-state index in [0.29, 0.717) is 11.6 Å². The molecule has 43 heavy (non-hydrogen) atoms. The summed E-state index contributed by atoms with van der Waals surface area (Å²) < 4.78 is 8.67. The van der Waals surface area contributed by atoms with E-state index in [0.717, 1.165) is 66.3 Å². The van der Waals surface area contributed by atoms with Crippen LogP contribution >= 0.6 is 0 Å². The van der Waals surface area contributed by atoms with Crippen molar-refractivity contribution in [2.45, 2.75) is 89.8 Å². The Morgan fingerprint density at radius 3 is 2.63 bits per heavy atom. The number of benzene rings is 1. The van der Waals surface area contributed by atoms with Gasteiger partial charge < -0.3 is 15.0 Å². The number of carbonyl (C=O) groups is 1. The van der Waals surface area contributed by atoms with Crippen LogP contribution in [0.3, 0.4) is 0 Å². The smallest absolute Gasteiger partial charge is 0.320 e. The van der Waals surface area contributed by atoms with Crippen molar-refractivity contribution < 1.29 is 9.53 Å². The number of hydrogen-bond donors (Lipinski definition) is 2. The highest BCUT2D eigenvalue weighted by molar-refractivity contribution is 5.88. The Morgan fingerprint density at radius 2 is 1.88 bits per heavy atom. The second-order valence-corrected chi connectivity index (χ2v) is 13.3. The van der Waals surface area contributed by atoms with E-state index in [4.69, 9.17) is 4.74 Å². The summed E-state index contributed by atoms with van der Waals surface area (Å²) in [5.41, 5.74) is 3.78. The average Bonchev–Trinajstić information content (AvgIpc) is 3.50. The largest absolute Gasteiger partial charge is 0.484 e. The van der Waals surface area contributed by atoms with E-state index in [9.17, 15) is 4.79 Å². The molecule has 1 aromatic carbocycles. The third kappa shape index (κ3) is 6.06. The molecule has 226 valence electrons. The minimum atomic E-state index is -0.288. The Labute approximate surface area is 253 Å². The highest BCUT2D eigenvalue weighted by Gasteiger charge is 2.35. The van der Waals surface area contributed by atoms with E-state index >= 15 is 0 Å². The van der Waals surface area contributed by atoms with Gasteiger partial charge in [-0.1, -0.05) is 45.0 Å². The molecule has 0 saturated carbocycles. The number of likely N-dealkylation sites (N-methyl/N-ethyl adjacent to an activating group) is 1. The number of ether oxygens (including phenoxy) is 1. The number of hydrogen-bond acceptors (Lipinski definition) is 7. The molecule has 0 unspecified atom stereocenters. The van der Waals surface area contributed by atoms with Gasteiger partial charge in [-0.15, -0.1) is 10.2 Å². The predicted octanol–water partition coefficient (Wildman–Crippen LogP) is 5.93. The third-order valence-corrected chi connectivity index (χ3v) is 8.98. The van der Waals surface area contributed by atoms with Crippen LogP contribution in [0.5, 0.6) is 5.75 Å². The summed E-state index contributed by atoms with van der Waals surface area (Å²) in [7, 11) is 2.19. The second kappa shape index (κ2) is 11.2. The first kappa shape index (κ1) is 29.0. The van der Waals surface area contributed by atoms with Gasteiger partial charge in [0.1, 0.15) is 29.3 Å². The number of likely N-dealkylation sites (tertiary alicyclic amines) is 1. The standard InChI is InChI=1S/C33H42N8O2/c1-21-34-27(32(2,3)4)18-28(35-21)37-31(42)36-25-13-14-26(24-11-8-7-10-23(24)25)43-22-12-15-29-38-39-30(41(29)20-22)19-33(5)16-9-17-40(33)6/h7-8,10-12,15,18,20,25-26H,9,13-14,16-17,19H2,1-6H3,(H2,34,35,36,37,42)/t25-,26+,33-/m0/s1. The van der Waals surface area contributed by atoms with Crippen LogP contribution < -0.4 is 15.4 Å². The molecule has 0 radical (unpaired) electrons. The molecule has 10 heteroatoms. The summed E-state index contributed by atoms with van der Waals surface area (Å²) in [6, 6.07) is 13.5. The van der Waals surface area contributed by atoms with Crippen molar-refractivity contribution in [2.24, 2.45) is 0 Å². The molecule has 0 bridgehead atoms. The number of pyridine rings is 1. The van der Waals surface area contributed by atoms with E-state index in [-0.39, 0.29) is 29.1 Å². The summed E-state index contributed by atoms with van der Waals surface area (Å²) in [5.74, 6) is 2.85. The molecular formula is C33H42N8O2. The van der Waals surface area contributed by atoms with Gasteiger partial charge in [-0.05, 0) is 76.4 Å². The molecule has 4 heterocycles. The number of fused-ring (bicyclic) bond motifs is 2. The van der Waals surface area contributed by atoms with E-state index in [1.165, 1.54) is 6.42 Å². The van der Waals surface area contributed by atoms with Crippen LogP contribution in [0.15, 0.2) is 48.7 Å². The first-order valence-electron chi connectivity index (χ1n) is 15.2. The van der Waals surface area contributed by atoms with Crippen molar-refractivity contribution in [3.63, 3.8) is 0 Å². The summed E-state index contributed by atoms with van der Waals surface area (Å²) in [6.07, 6.45) is 6.58. The highest BCUT2D eigenvalue weighted by atomic mass is 16.5. The lowest BCUT2D eigenvalue weighted by Gasteiger charge is -2.32. The molecule has 2 amide bonds. The maximum atomic E-state index is 13.1. The van der Waals surface area contributed by atoms with Gasteiger partial charge in [-0.3, -0.25) is 9.72 Å². The minimum absolute atomic E-state index is 0.0810. The Hall–Kier alpha value is -4.05. The Morgan fingerprint density at radius 1 is 1.09 bits per heavy atom. The predicted molar refractivity (Wildman–Crippen MR) is 166 cm³/mol. The number of rotatable bonds is 6. The maximum Gasteiger partial charge on any atom is 0.320 e. The van der Waals surface area contributed by atoms with E-state index in [1.54, 1.807) is 0 Å². The molecule has 1 aliphatic carbocycles. The molecule has 10 nitrogen and oxygen atoms in total. The number of nitrogens with one attached hydrogen (secondary N) is 2. The van der Waals surface area contributed by atoms with Gasteiger partial charge in [-0.25, -0.2) is 14.8 Å². The summed E-state index contributed by atoms with van der Waals surface area (Å²) in [4.78, 5) is 24.5. The fourth-order valence-corrected chi connectivity index (χ4v) is 6.34. The zero-order valence-corrected chi connectivity index (χ0v) is 26.0. The van der Waals surface area contributed by atoms with E-state index in [2.05, 4.69) is 87.0 Å². The highest BCUT2D eigenvalue weighted by Crippen LogP contribution is 2.39. The fraction of sp³-hybridized carbons (Fsp3) is 0.485. The van der Waals surface area contributed by atoms with Gasteiger partial charge in [0.05, 0.1) is 17.9 Å². The van der Waals surface area contributed by atoms with Crippen molar-refractivity contribution in [3.05, 3.63) is 77.1 Å². The summed E-state index contributed by atoms with van der Waals surface area (Å²) >= 11 is 0. The lowest BCUT2D eigenvalue weighted by Crippen LogP contribution is -2.40. The number of urea groups is 1. The molecule has 6 rings (SSSR count). The molecule has 4 aromatic rings. The normalized spacial score (nSPS) is 22.4. The first-order chi connectivity index (χ1) is 20.5. The number of nitrogens with zero attached hydrogens (tertiary/aromatic N) is 6. The number of aryl methyl sites for hydroxylation is 1. The van der Waals surface area contributed by atoms with Gasteiger partial charge >= 0.3 is 6.03 Å². The second-order valence-electron chi connectivity index (χ2n) is 13.3. The van der Waals surface area contributed by atoms with Crippen LogP contribution in [0.4, 0.5) is 10.6 Å². The lowest BCUT2D eigenvalue weighted by molar-refractivity contribution is 0.171. The third-order valence-electron chi connectivity index (χ3n) is 8.98. The van der Waals surface area contributed by atoms with Crippen molar-refractivity contribution in [1.82, 2.24) is 34.8 Å². The molecule has 2 aliphatic rings. The van der Waals surface area contributed by atoms with Gasteiger partial charge in [0.25, 0.3) is 0 Å². The first-order valence-corrected chi connectivity index (χ1v) is 15.2. The van der Waals surface area contributed by atoms with E-state index < -0.39 is 0 Å². The van der Waals surface area contributed by atoms with Gasteiger partial charge in [0.2, 0.25) is 0 Å².